The quantitative estimate of drug-likeness (QED) is 0.425. The zero-order valence-electron chi connectivity index (χ0n) is 7.93. The van der Waals surface area contributed by atoms with Gasteiger partial charge in [0.1, 0.15) is 0 Å². The second-order valence-electron chi connectivity index (χ2n) is 3.37. The molecule has 0 aliphatic carbocycles. The van der Waals surface area contributed by atoms with Crippen LogP contribution in [0.2, 0.25) is 0 Å². The van der Waals surface area contributed by atoms with Crippen LogP contribution in [0, 0.1) is 5.92 Å². The van der Waals surface area contributed by atoms with E-state index >= 15 is 0 Å². The highest BCUT2D eigenvalue weighted by atomic mass is 14.7. The second kappa shape index (κ2) is 6.14. The van der Waals surface area contributed by atoms with Crippen LogP contribution in [0.15, 0.2) is 16.6 Å². The average Bonchev–Trinajstić information content (AvgIpc) is 1.87. The van der Waals surface area contributed by atoms with Gasteiger partial charge >= 0.3 is 0 Å². The summed E-state index contributed by atoms with van der Waals surface area (Å²) in [5.41, 5.74) is 1.41. The number of hydrogen-bond acceptors (Lipinski definition) is 1. The fourth-order valence-electron chi connectivity index (χ4n) is 0.968. The Morgan fingerprint density at radius 2 is 2.18 bits per heavy atom. The third-order valence-corrected chi connectivity index (χ3v) is 1.65. The van der Waals surface area contributed by atoms with Gasteiger partial charge in [-0.05, 0) is 39.3 Å². The van der Waals surface area contributed by atoms with Crippen molar-refractivity contribution in [2.75, 3.05) is 6.54 Å². The molecule has 0 N–H and O–H groups in total. The highest BCUT2D eigenvalue weighted by Gasteiger charge is 1.97. The molecular formula is C10H19N. The van der Waals surface area contributed by atoms with Crippen molar-refractivity contribution in [1.29, 1.82) is 0 Å². The van der Waals surface area contributed by atoms with Gasteiger partial charge in [0.25, 0.3) is 0 Å². The first-order valence-corrected chi connectivity index (χ1v) is 4.22. The zero-order chi connectivity index (χ0) is 8.69. The zero-order valence-corrected chi connectivity index (χ0v) is 7.93. The topological polar surface area (TPSA) is 12.4 Å². The summed E-state index contributed by atoms with van der Waals surface area (Å²) in [6.45, 7) is 10.9. The summed E-state index contributed by atoms with van der Waals surface area (Å²) in [5.74, 6) is 0.683. The van der Waals surface area contributed by atoms with Crippen LogP contribution in [0.25, 0.3) is 0 Å². The van der Waals surface area contributed by atoms with E-state index < -0.39 is 0 Å². The number of rotatable bonds is 5. The molecule has 1 unspecified atom stereocenters. The molecule has 0 heterocycles. The largest absolute Gasteiger partial charge is 0.301 e. The van der Waals surface area contributed by atoms with Crippen LogP contribution in [0.1, 0.15) is 33.6 Å². The van der Waals surface area contributed by atoms with Gasteiger partial charge in [-0.1, -0.05) is 18.6 Å². The molecule has 64 valence electrons. The average molecular weight is 153 g/mol. The summed E-state index contributed by atoms with van der Waals surface area (Å²) in [7, 11) is 0. The van der Waals surface area contributed by atoms with Crippen molar-refractivity contribution < 1.29 is 0 Å². The van der Waals surface area contributed by atoms with Gasteiger partial charge in [0.2, 0.25) is 0 Å². The highest BCUT2D eigenvalue weighted by molar-refractivity contribution is 5.23. The standard InChI is InChI=1S/C10H19N/c1-9(2)6-5-7-10(3)8-11-4/h6,10H,4-5,7-8H2,1-3H3. The van der Waals surface area contributed by atoms with Crippen LogP contribution >= 0.6 is 0 Å². The molecule has 11 heavy (non-hydrogen) atoms. The van der Waals surface area contributed by atoms with E-state index in [9.17, 15) is 0 Å². The van der Waals surface area contributed by atoms with Crippen molar-refractivity contribution in [3.05, 3.63) is 11.6 Å². The fraction of sp³-hybridized carbons (Fsp3) is 0.700. The molecule has 0 fully saturated rings. The van der Waals surface area contributed by atoms with E-state index in [1.165, 1.54) is 18.4 Å². The molecular weight excluding hydrogens is 134 g/mol. The van der Waals surface area contributed by atoms with Crippen LogP contribution in [-0.4, -0.2) is 13.3 Å². The van der Waals surface area contributed by atoms with Gasteiger partial charge < -0.3 is 4.99 Å². The Bertz CT molecular complexity index is 132. The van der Waals surface area contributed by atoms with Crippen LogP contribution in [0.4, 0.5) is 0 Å². The second-order valence-corrected chi connectivity index (χ2v) is 3.37. The summed E-state index contributed by atoms with van der Waals surface area (Å²) in [6, 6.07) is 0. The van der Waals surface area contributed by atoms with E-state index in [-0.39, 0.29) is 0 Å². The summed E-state index contributed by atoms with van der Waals surface area (Å²) >= 11 is 0. The summed E-state index contributed by atoms with van der Waals surface area (Å²) in [4.78, 5) is 3.86. The molecule has 1 atom stereocenters. The van der Waals surface area contributed by atoms with E-state index in [0.29, 0.717) is 5.92 Å². The predicted octanol–water partition coefficient (Wildman–Crippen LogP) is 3.07. The van der Waals surface area contributed by atoms with Crippen LogP contribution in [0.5, 0.6) is 0 Å². The molecule has 0 radical (unpaired) electrons. The Labute approximate surface area is 70.2 Å². The summed E-state index contributed by atoms with van der Waals surface area (Å²) in [6.07, 6.45) is 4.68. The lowest BCUT2D eigenvalue weighted by Crippen LogP contribution is -1.97. The maximum Gasteiger partial charge on any atom is 0.0407 e. The van der Waals surface area contributed by atoms with E-state index in [4.69, 9.17) is 0 Å². The number of nitrogens with zero attached hydrogens (tertiary/aromatic N) is 1. The lowest BCUT2D eigenvalue weighted by molar-refractivity contribution is 0.552. The molecule has 0 saturated carbocycles. The van der Waals surface area contributed by atoms with Gasteiger partial charge in [0.15, 0.2) is 0 Å². The first-order chi connectivity index (χ1) is 5.16. The van der Waals surface area contributed by atoms with Crippen molar-refractivity contribution >= 4 is 6.72 Å². The number of hydrogen-bond donors (Lipinski definition) is 0. The number of allylic oxidation sites excluding steroid dienone is 2. The Morgan fingerprint density at radius 3 is 2.64 bits per heavy atom. The van der Waals surface area contributed by atoms with Crippen LogP contribution < -0.4 is 0 Å². The predicted molar refractivity (Wildman–Crippen MR) is 52.2 cm³/mol. The molecule has 1 nitrogen and oxygen atoms in total. The minimum absolute atomic E-state index is 0.683. The van der Waals surface area contributed by atoms with E-state index in [2.05, 4.69) is 38.6 Å². The molecule has 0 aromatic carbocycles. The van der Waals surface area contributed by atoms with Crippen molar-refractivity contribution in [1.82, 2.24) is 0 Å². The van der Waals surface area contributed by atoms with Gasteiger partial charge in [-0.25, -0.2) is 0 Å². The lowest BCUT2D eigenvalue weighted by Gasteiger charge is -2.04. The Kier molecular flexibility index (Phi) is 5.81. The Balaban J connectivity index is 3.38. The van der Waals surface area contributed by atoms with Crippen molar-refractivity contribution in [2.45, 2.75) is 33.6 Å². The molecule has 0 bridgehead atoms. The van der Waals surface area contributed by atoms with Gasteiger partial charge in [-0.2, -0.15) is 0 Å². The molecule has 0 aliphatic heterocycles. The fourth-order valence-corrected chi connectivity index (χ4v) is 0.968. The molecule has 0 saturated heterocycles. The molecule has 0 amide bonds. The van der Waals surface area contributed by atoms with Gasteiger partial charge in [-0.3, -0.25) is 0 Å². The molecule has 0 spiro atoms. The first kappa shape index (κ1) is 10.4. The van der Waals surface area contributed by atoms with Crippen LogP contribution in [-0.2, 0) is 0 Å². The third kappa shape index (κ3) is 7.31. The van der Waals surface area contributed by atoms with E-state index in [1.807, 2.05) is 0 Å². The number of aliphatic imine (C=N–C) groups is 1. The van der Waals surface area contributed by atoms with E-state index in [0.717, 1.165) is 6.54 Å². The van der Waals surface area contributed by atoms with Crippen molar-refractivity contribution in [2.24, 2.45) is 10.9 Å². The lowest BCUT2D eigenvalue weighted by atomic mass is 10.1. The third-order valence-electron chi connectivity index (χ3n) is 1.65. The maximum atomic E-state index is 3.86. The van der Waals surface area contributed by atoms with Gasteiger partial charge in [0, 0.05) is 6.54 Å². The van der Waals surface area contributed by atoms with E-state index in [1.54, 1.807) is 0 Å². The van der Waals surface area contributed by atoms with Crippen molar-refractivity contribution in [3.8, 4) is 0 Å². The normalized spacial score (nSPS) is 12.3. The highest BCUT2D eigenvalue weighted by Crippen LogP contribution is 2.07. The Hall–Kier alpha value is -0.590. The SMILES string of the molecule is C=NCC(C)CCC=C(C)C. The minimum atomic E-state index is 0.683. The molecule has 0 rings (SSSR count). The Morgan fingerprint density at radius 1 is 1.55 bits per heavy atom. The van der Waals surface area contributed by atoms with Crippen LogP contribution in [0.3, 0.4) is 0 Å². The molecule has 0 aliphatic rings. The summed E-state index contributed by atoms with van der Waals surface area (Å²) in [5, 5.41) is 0. The minimum Gasteiger partial charge on any atom is -0.301 e. The maximum absolute atomic E-state index is 3.86. The summed E-state index contributed by atoms with van der Waals surface area (Å²) < 4.78 is 0. The molecule has 1 heteroatoms. The first-order valence-electron chi connectivity index (χ1n) is 4.22. The van der Waals surface area contributed by atoms with Gasteiger partial charge in [-0.15, -0.1) is 0 Å². The molecule has 0 aromatic rings. The smallest absolute Gasteiger partial charge is 0.0407 e. The van der Waals surface area contributed by atoms with Crippen molar-refractivity contribution in [3.63, 3.8) is 0 Å². The monoisotopic (exact) mass is 153 g/mol. The van der Waals surface area contributed by atoms with Gasteiger partial charge in [0.05, 0.1) is 0 Å². The molecule has 0 aromatic heterocycles.